The van der Waals surface area contributed by atoms with Gasteiger partial charge in [0.1, 0.15) is 10.4 Å². The molecular weight excluding hydrogens is 358 g/mol. The Kier molecular flexibility index (Phi) is 4.53. The average Bonchev–Trinajstić information content (AvgIpc) is 3.30. The van der Waals surface area contributed by atoms with Gasteiger partial charge in [0, 0.05) is 17.2 Å². The van der Waals surface area contributed by atoms with E-state index in [9.17, 15) is 9.59 Å². The molecule has 0 spiro atoms. The molecule has 1 N–H and O–H groups in total. The molecule has 0 saturated carbocycles. The van der Waals surface area contributed by atoms with Crippen LogP contribution in [0.2, 0.25) is 0 Å². The van der Waals surface area contributed by atoms with Crippen molar-refractivity contribution in [2.45, 2.75) is 19.3 Å². The van der Waals surface area contributed by atoms with Crippen molar-refractivity contribution in [2.24, 2.45) is 0 Å². The van der Waals surface area contributed by atoms with Crippen molar-refractivity contribution in [2.75, 3.05) is 0 Å². The van der Waals surface area contributed by atoms with Gasteiger partial charge >= 0.3 is 0 Å². The fourth-order valence-corrected chi connectivity index (χ4v) is 3.82. The predicted octanol–water partition coefficient (Wildman–Crippen LogP) is 1.78. The molecule has 3 aromatic heterocycles. The molecule has 3 heterocycles. The first-order chi connectivity index (χ1) is 11.9. The lowest BCUT2D eigenvalue weighted by atomic mass is 9.97. The number of H-pyrrole nitrogens is 1. The molecule has 0 aliphatic rings. The van der Waals surface area contributed by atoms with Crippen LogP contribution in [-0.4, -0.2) is 15.8 Å². The molecule has 0 amide bonds. The van der Waals surface area contributed by atoms with Gasteiger partial charge in [-0.15, -0.1) is 22.7 Å². The number of nitrogens with zero attached hydrogens (tertiary/aromatic N) is 2. The smallest absolute Gasteiger partial charge is 0.266 e. The summed E-state index contributed by atoms with van der Waals surface area (Å²) >= 11 is 2.54. The average molecular weight is 371 g/mol. The molecule has 0 aromatic carbocycles. The van der Waals surface area contributed by atoms with Crippen LogP contribution in [0.3, 0.4) is 0 Å². The summed E-state index contributed by atoms with van der Waals surface area (Å²) in [5.74, 6) is -0.101. The largest absolute Gasteiger partial charge is 0.461 e. The van der Waals surface area contributed by atoms with Crippen LogP contribution in [-0.2, 0) is 5.41 Å². The summed E-state index contributed by atoms with van der Waals surface area (Å²) in [6.07, 6.45) is 6.09. The first-order valence-corrected chi connectivity index (χ1v) is 8.90. The van der Waals surface area contributed by atoms with E-state index >= 15 is 0 Å². The fraction of sp³-hybridized carbons (Fsp3) is 0.176. The lowest BCUT2D eigenvalue weighted by Gasteiger charge is -2.09. The van der Waals surface area contributed by atoms with Crippen molar-refractivity contribution in [1.29, 1.82) is 5.26 Å². The zero-order valence-corrected chi connectivity index (χ0v) is 15.0. The quantitative estimate of drug-likeness (QED) is 0.705. The van der Waals surface area contributed by atoms with Gasteiger partial charge in [0.05, 0.1) is 21.5 Å². The maximum Gasteiger partial charge on any atom is 0.266 e. The maximum atomic E-state index is 12.1. The van der Waals surface area contributed by atoms with Crippen LogP contribution in [0.5, 0.6) is 0 Å². The SMILES string of the molecule is CC(C)(C#N)c1ncc(/C=c2\s/c(=C\C(=O)c3ccco3)[nH]c2=O)s1. The number of thiazole rings is 2. The molecule has 25 heavy (non-hydrogen) atoms. The Morgan fingerprint density at radius 3 is 2.92 bits per heavy atom. The molecule has 0 radical (unpaired) electrons. The zero-order chi connectivity index (χ0) is 18.0. The summed E-state index contributed by atoms with van der Waals surface area (Å²) in [6, 6.07) is 5.39. The van der Waals surface area contributed by atoms with E-state index in [-0.39, 0.29) is 17.1 Å². The van der Waals surface area contributed by atoms with Crippen LogP contribution in [0.1, 0.15) is 34.3 Å². The summed E-state index contributed by atoms with van der Waals surface area (Å²) in [5.41, 5.74) is -0.953. The number of carbonyl (C=O) groups is 1. The number of hydrogen-bond donors (Lipinski definition) is 1. The van der Waals surface area contributed by atoms with Crippen LogP contribution in [0, 0.1) is 11.3 Å². The van der Waals surface area contributed by atoms with E-state index in [1.54, 1.807) is 38.3 Å². The van der Waals surface area contributed by atoms with Crippen LogP contribution in [0.4, 0.5) is 0 Å². The number of ketones is 1. The summed E-state index contributed by atoms with van der Waals surface area (Å²) in [6.45, 7) is 3.59. The number of rotatable bonds is 4. The molecule has 0 aliphatic heterocycles. The highest BCUT2D eigenvalue weighted by Gasteiger charge is 2.23. The van der Waals surface area contributed by atoms with E-state index in [1.165, 1.54) is 35.0 Å². The summed E-state index contributed by atoms with van der Waals surface area (Å²) < 4.78 is 5.94. The number of carbonyl (C=O) groups excluding carboxylic acids is 1. The van der Waals surface area contributed by atoms with Crippen molar-refractivity contribution in [3.63, 3.8) is 0 Å². The minimum absolute atomic E-state index is 0.214. The number of nitriles is 1. The number of nitrogens with one attached hydrogen (secondary N) is 1. The Hall–Kier alpha value is -2.76. The van der Waals surface area contributed by atoms with E-state index in [1.807, 2.05) is 0 Å². The molecule has 6 nitrogen and oxygen atoms in total. The van der Waals surface area contributed by atoms with Gasteiger partial charge in [-0.3, -0.25) is 9.59 Å². The predicted molar refractivity (Wildman–Crippen MR) is 96.0 cm³/mol. The van der Waals surface area contributed by atoms with Crippen LogP contribution < -0.4 is 14.8 Å². The molecule has 3 aromatic rings. The second kappa shape index (κ2) is 6.63. The number of aromatic amines is 1. The molecule has 8 heteroatoms. The van der Waals surface area contributed by atoms with Crippen molar-refractivity contribution in [1.82, 2.24) is 9.97 Å². The molecule has 0 atom stereocenters. The Morgan fingerprint density at radius 2 is 2.24 bits per heavy atom. The van der Waals surface area contributed by atoms with Gasteiger partial charge < -0.3 is 9.40 Å². The Bertz CT molecular complexity index is 1130. The lowest BCUT2D eigenvalue weighted by molar-refractivity contribution is 0.103. The first-order valence-electron chi connectivity index (χ1n) is 7.27. The van der Waals surface area contributed by atoms with E-state index in [4.69, 9.17) is 9.68 Å². The molecule has 0 bridgehead atoms. The Balaban J connectivity index is 1.96. The van der Waals surface area contributed by atoms with Gasteiger partial charge in [-0.1, -0.05) is 0 Å². The number of furan rings is 1. The fourth-order valence-electron chi connectivity index (χ4n) is 1.95. The number of hydrogen-bond acceptors (Lipinski definition) is 7. The van der Waals surface area contributed by atoms with Gasteiger partial charge in [-0.25, -0.2) is 4.98 Å². The second-order valence-corrected chi connectivity index (χ2v) is 7.87. The van der Waals surface area contributed by atoms with Crippen molar-refractivity contribution < 1.29 is 9.21 Å². The minimum atomic E-state index is -0.674. The topological polar surface area (TPSA) is 99.8 Å². The number of aromatic nitrogens is 2. The summed E-state index contributed by atoms with van der Waals surface area (Å²) in [4.78, 5) is 31.7. The summed E-state index contributed by atoms with van der Waals surface area (Å²) in [7, 11) is 0. The van der Waals surface area contributed by atoms with Crippen molar-refractivity contribution in [3.8, 4) is 6.07 Å². The third-order valence-corrected chi connectivity index (χ3v) is 5.55. The van der Waals surface area contributed by atoms with Gasteiger partial charge in [-0.2, -0.15) is 5.26 Å². The highest BCUT2D eigenvalue weighted by atomic mass is 32.1. The molecule has 0 unspecified atom stereocenters. The molecule has 3 rings (SSSR count). The van der Waals surface area contributed by atoms with Gasteiger partial charge in [-0.05, 0) is 32.1 Å². The molecule has 0 saturated heterocycles. The molecule has 0 fully saturated rings. The third kappa shape index (κ3) is 3.68. The lowest BCUT2D eigenvalue weighted by Crippen LogP contribution is -2.19. The first kappa shape index (κ1) is 17.1. The second-order valence-electron chi connectivity index (χ2n) is 5.72. The summed E-state index contributed by atoms with van der Waals surface area (Å²) in [5, 5.41) is 9.85. The zero-order valence-electron chi connectivity index (χ0n) is 13.4. The van der Waals surface area contributed by atoms with Gasteiger partial charge in [0.25, 0.3) is 5.56 Å². The van der Waals surface area contributed by atoms with Gasteiger partial charge in [0.2, 0.25) is 5.78 Å². The Morgan fingerprint density at radius 1 is 1.44 bits per heavy atom. The van der Waals surface area contributed by atoms with E-state index < -0.39 is 5.41 Å². The van der Waals surface area contributed by atoms with Crippen molar-refractivity contribution in [3.05, 3.63) is 59.8 Å². The van der Waals surface area contributed by atoms with Crippen LogP contribution in [0.15, 0.2) is 33.8 Å². The highest BCUT2D eigenvalue weighted by molar-refractivity contribution is 7.13. The highest BCUT2D eigenvalue weighted by Crippen LogP contribution is 2.26. The molecule has 126 valence electrons. The van der Waals surface area contributed by atoms with Crippen LogP contribution >= 0.6 is 22.7 Å². The van der Waals surface area contributed by atoms with E-state index in [2.05, 4.69) is 16.0 Å². The standard InChI is InChI=1S/C17H13N3O3S2/c1-17(2,9-18)16-19-8-10(24-16)6-13-15(22)20-14(25-13)7-11(21)12-4-3-5-23-12/h3-8H,1-2H3,(H,20,22)/b13-6-,14-7-. The number of Topliss-reactive ketones (excluding diaryl/α,β-unsaturated/α-hetero) is 1. The third-order valence-electron chi connectivity index (χ3n) is 3.32. The van der Waals surface area contributed by atoms with E-state index in [0.29, 0.717) is 14.2 Å². The normalized spacial score (nSPS) is 13.2. The van der Waals surface area contributed by atoms with Gasteiger partial charge in [0.15, 0.2) is 5.76 Å². The maximum absolute atomic E-state index is 12.1. The molecular formula is C17H13N3O3S2. The van der Waals surface area contributed by atoms with Crippen molar-refractivity contribution >= 4 is 40.6 Å². The van der Waals surface area contributed by atoms with E-state index in [0.717, 1.165) is 4.88 Å². The minimum Gasteiger partial charge on any atom is -0.461 e. The monoisotopic (exact) mass is 371 g/mol. The Labute approximate surface area is 150 Å². The molecule has 0 aliphatic carbocycles. The van der Waals surface area contributed by atoms with Crippen LogP contribution in [0.25, 0.3) is 12.2 Å².